The summed E-state index contributed by atoms with van der Waals surface area (Å²) in [5.74, 6) is 0.467. The Morgan fingerprint density at radius 1 is 1.24 bits per heavy atom. The Kier molecular flexibility index (Phi) is 6.03. The molecule has 5 nitrogen and oxygen atoms in total. The van der Waals surface area contributed by atoms with Crippen LogP contribution < -0.4 is 16.8 Å². The molecule has 17 heavy (non-hydrogen) atoms. The zero-order valence-electron chi connectivity index (χ0n) is 9.98. The van der Waals surface area contributed by atoms with Gasteiger partial charge in [0, 0.05) is 6.42 Å². The van der Waals surface area contributed by atoms with Crippen LogP contribution in [-0.4, -0.2) is 17.4 Å². The molecular weight excluding hydrogens is 216 g/mol. The van der Waals surface area contributed by atoms with Crippen molar-refractivity contribution in [2.24, 2.45) is 5.73 Å². The molecule has 1 amide bonds. The molecule has 0 spiro atoms. The molecule has 0 saturated carbocycles. The van der Waals surface area contributed by atoms with Crippen LogP contribution in [0.5, 0.6) is 0 Å². The van der Waals surface area contributed by atoms with Crippen LogP contribution in [0.4, 0.5) is 11.5 Å². The van der Waals surface area contributed by atoms with E-state index in [1.165, 1.54) is 0 Å². The van der Waals surface area contributed by atoms with Gasteiger partial charge < -0.3 is 16.8 Å². The number of pyridine rings is 1. The van der Waals surface area contributed by atoms with E-state index in [-0.39, 0.29) is 5.91 Å². The quantitative estimate of drug-likeness (QED) is 0.625. The van der Waals surface area contributed by atoms with Crippen molar-refractivity contribution >= 4 is 17.4 Å². The number of aromatic nitrogens is 1. The first-order valence-corrected chi connectivity index (χ1v) is 5.94. The van der Waals surface area contributed by atoms with Crippen molar-refractivity contribution in [1.82, 2.24) is 4.98 Å². The highest BCUT2D eigenvalue weighted by Gasteiger charge is 2.02. The van der Waals surface area contributed by atoms with Gasteiger partial charge in [0.05, 0.1) is 11.9 Å². The molecule has 1 rings (SSSR count). The first-order valence-electron chi connectivity index (χ1n) is 5.94. The minimum Gasteiger partial charge on any atom is -0.384 e. The fourth-order valence-electron chi connectivity index (χ4n) is 1.49. The molecule has 0 unspecified atom stereocenters. The molecule has 0 aliphatic carbocycles. The zero-order chi connectivity index (χ0) is 12.5. The molecule has 1 aromatic rings. The maximum Gasteiger partial charge on any atom is 0.224 e. The molecule has 0 atom stereocenters. The average molecular weight is 236 g/mol. The van der Waals surface area contributed by atoms with Crippen molar-refractivity contribution in [1.29, 1.82) is 0 Å². The van der Waals surface area contributed by atoms with E-state index >= 15 is 0 Å². The highest BCUT2D eigenvalue weighted by atomic mass is 16.1. The molecule has 0 aliphatic heterocycles. The van der Waals surface area contributed by atoms with Crippen molar-refractivity contribution in [3.8, 4) is 0 Å². The van der Waals surface area contributed by atoms with Crippen molar-refractivity contribution in [2.45, 2.75) is 32.1 Å². The molecule has 0 fully saturated rings. The standard InChI is InChI=1S/C12H20N4O/c13-8-4-2-1-3-5-12(17)16-10-6-7-11(14)15-9-10/h6-7,9H,1-5,8,13H2,(H2,14,15)(H,16,17). The molecule has 0 aliphatic rings. The van der Waals surface area contributed by atoms with Crippen LogP contribution in [0.15, 0.2) is 18.3 Å². The number of nitrogens with one attached hydrogen (secondary N) is 1. The van der Waals surface area contributed by atoms with Crippen molar-refractivity contribution in [2.75, 3.05) is 17.6 Å². The van der Waals surface area contributed by atoms with Crippen LogP contribution >= 0.6 is 0 Å². The Morgan fingerprint density at radius 3 is 2.65 bits per heavy atom. The summed E-state index contributed by atoms with van der Waals surface area (Å²) in [6, 6.07) is 3.41. The Bertz CT molecular complexity index is 337. The van der Waals surface area contributed by atoms with Gasteiger partial charge in [0.2, 0.25) is 5.91 Å². The van der Waals surface area contributed by atoms with E-state index in [9.17, 15) is 4.79 Å². The normalized spacial score (nSPS) is 10.2. The first kappa shape index (κ1) is 13.4. The fraction of sp³-hybridized carbons (Fsp3) is 0.500. The maximum absolute atomic E-state index is 11.5. The second kappa shape index (κ2) is 7.62. The molecule has 0 aromatic carbocycles. The summed E-state index contributed by atoms with van der Waals surface area (Å²) in [6.07, 6.45) is 6.16. The lowest BCUT2D eigenvalue weighted by molar-refractivity contribution is -0.116. The van der Waals surface area contributed by atoms with Crippen LogP contribution in [-0.2, 0) is 4.79 Å². The smallest absolute Gasteiger partial charge is 0.224 e. The molecule has 1 aromatic heterocycles. The van der Waals surface area contributed by atoms with Gasteiger partial charge in [0.15, 0.2) is 0 Å². The summed E-state index contributed by atoms with van der Waals surface area (Å²) >= 11 is 0. The number of nitrogens with two attached hydrogens (primary N) is 2. The van der Waals surface area contributed by atoms with Crippen molar-refractivity contribution in [3.05, 3.63) is 18.3 Å². The molecule has 94 valence electrons. The molecule has 5 N–H and O–H groups in total. The summed E-state index contributed by atoms with van der Waals surface area (Å²) < 4.78 is 0. The summed E-state index contributed by atoms with van der Waals surface area (Å²) in [6.45, 7) is 0.725. The second-order valence-corrected chi connectivity index (χ2v) is 3.97. The summed E-state index contributed by atoms with van der Waals surface area (Å²) in [5, 5.41) is 2.78. The van der Waals surface area contributed by atoms with Crippen molar-refractivity contribution < 1.29 is 4.79 Å². The van der Waals surface area contributed by atoms with E-state index in [2.05, 4.69) is 10.3 Å². The number of hydrogen-bond acceptors (Lipinski definition) is 4. The van der Waals surface area contributed by atoms with Crippen LogP contribution in [0.1, 0.15) is 32.1 Å². The third-order valence-corrected chi connectivity index (χ3v) is 2.43. The number of carbonyl (C=O) groups excluding carboxylic acids is 1. The number of nitrogens with zero attached hydrogens (tertiary/aromatic N) is 1. The van der Waals surface area contributed by atoms with Gasteiger partial charge in [0.25, 0.3) is 0 Å². The van der Waals surface area contributed by atoms with Gasteiger partial charge in [-0.05, 0) is 31.5 Å². The van der Waals surface area contributed by atoms with Crippen LogP contribution in [0.3, 0.4) is 0 Å². The van der Waals surface area contributed by atoms with E-state index in [0.29, 0.717) is 17.9 Å². The van der Waals surface area contributed by atoms with Crippen LogP contribution in [0, 0.1) is 0 Å². The third-order valence-electron chi connectivity index (χ3n) is 2.43. The predicted octanol–water partition coefficient (Wildman–Crippen LogP) is 1.51. The number of unbranched alkanes of at least 4 members (excludes halogenated alkanes) is 3. The molecule has 0 saturated heterocycles. The Balaban J connectivity index is 2.18. The van der Waals surface area contributed by atoms with Gasteiger partial charge in [0.1, 0.15) is 5.82 Å². The summed E-state index contributed by atoms with van der Waals surface area (Å²) in [4.78, 5) is 15.4. The zero-order valence-corrected chi connectivity index (χ0v) is 9.98. The highest BCUT2D eigenvalue weighted by molar-refractivity contribution is 5.90. The predicted molar refractivity (Wildman–Crippen MR) is 69.4 cm³/mol. The van der Waals surface area contributed by atoms with Gasteiger partial charge in [-0.1, -0.05) is 12.8 Å². The van der Waals surface area contributed by atoms with Crippen LogP contribution in [0.25, 0.3) is 0 Å². The van der Waals surface area contributed by atoms with Crippen molar-refractivity contribution in [3.63, 3.8) is 0 Å². The molecule has 5 heteroatoms. The number of hydrogen-bond donors (Lipinski definition) is 3. The Morgan fingerprint density at radius 2 is 2.00 bits per heavy atom. The fourth-order valence-corrected chi connectivity index (χ4v) is 1.49. The molecule has 1 heterocycles. The topological polar surface area (TPSA) is 94.0 Å². The summed E-state index contributed by atoms with van der Waals surface area (Å²) in [7, 11) is 0. The monoisotopic (exact) mass is 236 g/mol. The largest absolute Gasteiger partial charge is 0.384 e. The maximum atomic E-state index is 11.5. The number of nitrogen functional groups attached to an aromatic ring is 1. The SMILES string of the molecule is NCCCCCCC(=O)Nc1ccc(N)nc1. The Hall–Kier alpha value is -1.62. The lowest BCUT2D eigenvalue weighted by Gasteiger charge is -2.04. The van der Waals surface area contributed by atoms with E-state index in [0.717, 1.165) is 32.2 Å². The Labute approximate surface area is 102 Å². The first-order chi connectivity index (χ1) is 8.22. The van der Waals surface area contributed by atoms with E-state index in [1.54, 1.807) is 18.3 Å². The minimum atomic E-state index is 0.0179. The van der Waals surface area contributed by atoms with Gasteiger partial charge in [-0.15, -0.1) is 0 Å². The number of amides is 1. The molecule has 0 bridgehead atoms. The van der Waals surface area contributed by atoms with E-state index < -0.39 is 0 Å². The average Bonchev–Trinajstić information content (AvgIpc) is 2.32. The van der Waals surface area contributed by atoms with Crippen LogP contribution in [0.2, 0.25) is 0 Å². The molecule has 0 radical (unpaired) electrons. The second-order valence-electron chi connectivity index (χ2n) is 3.97. The summed E-state index contributed by atoms with van der Waals surface area (Å²) in [5.41, 5.74) is 11.5. The number of anilines is 2. The lowest BCUT2D eigenvalue weighted by atomic mass is 10.1. The molecular formula is C12H20N4O. The minimum absolute atomic E-state index is 0.0179. The number of rotatable bonds is 7. The van der Waals surface area contributed by atoms with Gasteiger partial charge in [-0.2, -0.15) is 0 Å². The van der Waals surface area contributed by atoms with E-state index in [1.807, 2.05) is 0 Å². The van der Waals surface area contributed by atoms with Gasteiger partial charge >= 0.3 is 0 Å². The lowest BCUT2D eigenvalue weighted by Crippen LogP contribution is -2.11. The number of carbonyl (C=O) groups is 1. The van der Waals surface area contributed by atoms with E-state index in [4.69, 9.17) is 11.5 Å². The highest BCUT2D eigenvalue weighted by Crippen LogP contribution is 2.09. The third kappa shape index (κ3) is 5.87. The van der Waals surface area contributed by atoms with Gasteiger partial charge in [-0.25, -0.2) is 4.98 Å². The van der Waals surface area contributed by atoms with Gasteiger partial charge in [-0.3, -0.25) is 4.79 Å².